The first-order chi connectivity index (χ1) is 17.8. The molecule has 0 radical (unpaired) electrons. The van der Waals surface area contributed by atoms with E-state index in [4.69, 9.17) is 9.47 Å². The van der Waals surface area contributed by atoms with Gasteiger partial charge in [0.1, 0.15) is 12.8 Å². The maximum absolute atomic E-state index is 17.3. The number of phenols is 1. The molecule has 0 spiro atoms. The number of aromatic hydroxyl groups is 1. The SMILES string of the molecule is C[C@]12C=CC(=O)C=C1[C@@H](F)C[C@H]1[C@@H]3C[C@H]4O[C@@H](c5ccc(O)c(F)c5)O[C@@]4(C(=O)CO)[C@@]3(C)C[C@H](O)[C@@]12F. The van der Waals surface area contributed by atoms with Gasteiger partial charge in [0.15, 0.2) is 40.7 Å². The van der Waals surface area contributed by atoms with Gasteiger partial charge >= 0.3 is 0 Å². The molecule has 3 N–H and O–H groups in total. The summed E-state index contributed by atoms with van der Waals surface area (Å²) in [6, 6.07) is 3.51. The molecular formula is C28H29F3O7. The maximum atomic E-state index is 17.3. The van der Waals surface area contributed by atoms with Gasteiger partial charge in [-0.3, -0.25) is 9.59 Å². The molecule has 7 nitrogen and oxygen atoms in total. The van der Waals surface area contributed by atoms with Crippen LogP contribution in [0.1, 0.15) is 45.0 Å². The predicted octanol–water partition coefficient (Wildman–Crippen LogP) is 3.17. The lowest BCUT2D eigenvalue weighted by Gasteiger charge is -2.63. The molecule has 38 heavy (non-hydrogen) atoms. The van der Waals surface area contributed by atoms with Gasteiger partial charge in [-0.05, 0) is 62.0 Å². The third-order valence-corrected chi connectivity index (χ3v) is 10.2. The number of aliphatic hydroxyl groups excluding tert-OH is 2. The van der Waals surface area contributed by atoms with Gasteiger partial charge in [0.05, 0.1) is 12.2 Å². The van der Waals surface area contributed by atoms with E-state index >= 15 is 8.78 Å². The van der Waals surface area contributed by atoms with Crippen molar-refractivity contribution in [3.05, 3.63) is 53.4 Å². The Balaban J connectivity index is 1.44. The number of fused-ring (bicyclic) bond motifs is 7. The van der Waals surface area contributed by atoms with Crippen molar-refractivity contribution in [1.82, 2.24) is 0 Å². The first-order valence-corrected chi connectivity index (χ1v) is 12.8. The van der Waals surface area contributed by atoms with Gasteiger partial charge in [0, 0.05) is 22.3 Å². The van der Waals surface area contributed by atoms with Gasteiger partial charge in [-0.1, -0.05) is 19.1 Å². The van der Waals surface area contributed by atoms with E-state index in [1.807, 2.05) is 0 Å². The lowest BCUT2D eigenvalue weighted by atomic mass is 9.44. The number of ketones is 2. The summed E-state index contributed by atoms with van der Waals surface area (Å²) < 4.78 is 59.4. The van der Waals surface area contributed by atoms with Crippen LogP contribution in [0.25, 0.3) is 0 Å². The highest BCUT2D eigenvalue weighted by Gasteiger charge is 2.80. The van der Waals surface area contributed by atoms with Crippen LogP contribution in [0.5, 0.6) is 5.75 Å². The Kier molecular flexibility index (Phi) is 5.42. The molecule has 1 aromatic rings. The van der Waals surface area contributed by atoms with E-state index in [9.17, 15) is 29.3 Å². The standard InChI is InChI=1S/C28H29F3O7/c1-25-6-5-14(33)8-17(25)18(29)9-16-15-10-23-28(22(36)12-32,26(15,2)11-21(35)27(16,25)31)38-24(37-23)13-3-4-20(34)19(30)7-13/h3-8,15-16,18,21,23-24,32,34-35H,9-12H2,1-2H3/t15-,16-,18-,21-,23+,24+,25-,26-,27-,28+/m0/s1. The van der Waals surface area contributed by atoms with Crippen molar-refractivity contribution in [1.29, 1.82) is 0 Å². The van der Waals surface area contributed by atoms with Gasteiger partial charge in [-0.25, -0.2) is 13.2 Å². The molecule has 5 aliphatic rings. The summed E-state index contributed by atoms with van der Waals surface area (Å²) in [5.41, 5.74) is -6.82. The Hall–Kier alpha value is -2.53. The Bertz CT molecular complexity index is 1300. The molecule has 1 aliphatic heterocycles. The van der Waals surface area contributed by atoms with Crippen molar-refractivity contribution in [3.63, 3.8) is 0 Å². The summed E-state index contributed by atoms with van der Waals surface area (Å²) in [5.74, 6) is -4.41. The molecule has 10 heteroatoms. The van der Waals surface area contributed by atoms with E-state index in [1.165, 1.54) is 25.1 Å². The number of benzene rings is 1. The molecule has 1 aromatic carbocycles. The minimum atomic E-state index is -2.34. The van der Waals surface area contributed by atoms with Crippen LogP contribution >= 0.6 is 0 Å². The number of Topliss-reactive ketones (excluding diaryl/α,β-unsaturated/α-hetero) is 1. The number of rotatable bonds is 3. The van der Waals surface area contributed by atoms with E-state index in [2.05, 4.69) is 0 Å². The number of carbonyl (C=O) groups excluding carboxylic acids is 2. The van der Waals surface area contributed by atoms with Crippen LogP contribution in [-0.4, -0.2) is 63.1 Å². The van der Waals surface area contributed by atoms with Crippen molar-refractivity contribution in [3.8, 4) is 5.75 Å². The molecule has 0 aromatic heterocycles. The van der Waals surface area contributed by atoms with Crippen molar-refractivity contribution < 1.29 is 47.6 Å². The second kappa shape index (κ2) is 8.00. The third kappa shape index (κ3) is 2.89. The number of aliphatic hydroxyl groups is 2. The summed E-state index contributed by atoms with van der Waals surface area (Å²) >= 11 is 0. The fraction of sp³-hybridized carbons (Fsp3) is 0.571. The van der Waals surface area contributed by atoms with Crippen molar-refractivity contribution in [2.24, 2.45) is 22.7 Å². The average Bonchev–Trinajstić information content (AvgIpc) is 3.37. The Morgan fingerprint density at radius 2 is 1.95 bits per heavy atom. The highest BCUT2D eigenvalue weighted by molar-refractivity contribution is 6.01. The van der Waals surface area contributed by atoms with Crippen LogP contribution < -0.4 is 0 Å². The highest BCUT2D eigenvalue weighted by atomic mass is 19.1. The minimum Gasteiger partial charge on any atom is -0.505 e. The van der Waals surface area contributed by atoms with Crippen molar-refractivity contribution >= 4 is 11.6 Å². The monoisotopic (exact) mass is 534 g/mol. The zero-order valence-corrected chi connectivity index (χ0v) is 20.9. The van der Waals surface area contributed by atoms with Crippen molar-refractivity contribution in [2.75, 3.05) is 6.61 Å². The second-order valence-corrected chi connectivity index (χ2v) is 11.7. The smallest absolute Gasteiger partial charge is 0.193 e. The van der Waals surface area contributed by atoms with Gasteiger partial charge in [-0.15, -0.1) is 0 Å². The number of hydrogen-bond acceptors (Lipinski definition) is 7. The van der Waals surface area contributed by atoms with Crippen LogP contribution in [0.15, 0.2) is 42.0 Å². The fourth-order valence-corrected chi connectivity index (χ4v) is 8.38. The molecule has 6 rings (SSSR count). The van der Waals surface area contributed by atoms with Crippen molar-refractivity contribution in [2.45, 2.75) is 69.0 Å². The van der Waals surface area contributed by atoms with Crippen LogP contribution in [0.4, 0.5) is 13.2 Å². The Morgan fingerprint density at radius 1 is 1.21 bits per heavy atom. The molecule has 4 fully saturated rings. The number of phenolic OH excluding ortho intramolecular Hbond substituents is 1. The Labute approximate surface area is 216 Å². The summed E-state index contributed by atoms with van der Waals surface area (Å²) in [4.78, 5) is 25.4. The zero-order valence-electron chi connectivity index (χ0n) is 20.9. The molecule has 4 aliphatic carbocycles. The molecular weight excluding hydrogens is 505 g/mol. The molecule has 0 amide bonds. The van der Waals surface area contributed by atoms with Gasteiger partial charge in [0.2, 0.25) is 0 Å². The van der Waals surface area contributed by atoms with E-state index < -0.39 is 88.3 Å². The zero-order chi connectivity index (χ0) is 27.4. The molecule has 10 atom stereocenters. The molecule has 1 saturated heterocycles. The molecule has 0 bridgehead atoms. The quantitative estimate of drug-likeness (QED) is 0.546. The normalized spacial score (nSPS) is 47.1. The molecule has 0 unspecified atom stereocenters. The largest absolute Gasteiger partial charge is 0.505 e. The molecule has 1 heterocycles. The topological polar surface area (TPSA) is 113 Å². The summed E-state index contributed by atoms with van der Waals surface area (Å²) in [6.07, 6.45) is -2.37. The van der Waals surface area contributed by atoms with E-state index in [1.54, 1.807) is 6.92 Å². The predicted molar refractivity (Wildman–Crippen MR) is 126 cm³/mol. The van der Waals surface area contributed by atoms with Crippen LogP contribution in [0.3, 0.4) is 0 Å². The average molecular weight is 535 g/mol. The minimum absolute atomic E-state index is 0.00679. The van der Waals surface area contributed by atoms with E-state index in [-0.39, 0.29) is 30.4 Å². The number of halogens is 3. The second-order valence-electron chi connectivity index (χ2n) is 11.7. The third-order valence-electron chi connectivity index (χ3n) is 10.2. The fourth-order valence-electron chi connectivity index (χ4n) is 8.38. The van der Waals surface area contributed by atoms with E-state index in [0.717, 1.165) is 18.2 Å². The van der Waals surface area contributed by atoms with Gasteiger partial charge in [-0.2, -0.15) is 0 Å². The number of ether oxygens (including phenoxy) is 2. The van der Waals surface area contributed by atoms with Gasteiger partial charge < -0.3 is 24.8 Å². The molecule has 3 saturated carbocycles. The lowest BCUT2D eigenvalue weighted by molar-refractivity contribution is -0.235. The van der Waals surface area contributed by atoms with Crippen LogP contribution in [0.2, 0.25) is 0 Å². The first kappa shape index (κ1) is 25.7. The summed E-state index contributed by atoms with van der Waals surface area (Å²) in [6.45, 7) is 2.24. The summed E-state index contributed by atoms with van der Waals surface area (Å²) in [7, 11) is 0. The van der Waals surface area contributed by atoms with Crippen LogP contribution in [0, 0.1) is 28.5 Å². The number of hydrogen-bond donors (Lipinski definition) is 3. The van der Waals surface area contributed by atoms with Crippen LogP contribution in [-0.2, 0) is 19.1 Å². The molecule has 204 valence electrons. The highest BCUT2D eigenvalue weighted by Crippen LogP contribution is 2.72. The number of allylic oxidation sites excluding steroid dienone is 4. The number of alkyl halides is 2. The van der Waals surface area contributed by atoms with Gasteiger partial charge in [0.25, 0.3) is 0 Å². The number of carbonyl (C=O) groups is 2. The maximum Gasteiger partial charge on any atom is 0.193 e. The summed E-state index contributed by atoms with van der Waals surface area (Å²) in [5, 5.41) is 31.0. The van der Waals surface area contributed by atoms with E-state index in [0.29, 0.717) is 0 Å². The Morgan fingerprint density at radius 3 is 2.63 bits per heavy atom. The first-order valence-electron chi connectivity index (χ1n) is 12.8. The lowest BCUT2D eigenvalue weighted by Crippen LogP contribution is -2.70.